The summed E-state index contributed by atoms with van der Waals surface area (Å²) in [5.74, 6) is 1.39. The minimum atomic E-state index is 0.0550. The molecule has 6 heteroatoms. The van der Waals surface area contributed by atoms with Crippen LogP contribution in [0.5, 0.6) is 5.75 Å². The Morgan fingerprint density at radius 1 is 1.30 bits per heavy atom. The minimum Gasteiger partial charge on any atom is -0.487 e. The molecule has 0 bridgehead atoms. The molecule has 3 aromatic rings. The van der Waals surface area contributed by atoms with Gasteiger partial charge in [-0.25, -0.2) is 4.98 Å². The van der Waals surface area contributed by atoms with E-state index in [0.717, 1.165) is 36.5 Å². The van der Waals surface area contributed by atoms with Crippen molar-refractivity contribution >= 4 is 17.2 Å². The molecule has 0 saturated carbocycles. The number of aromatic nitrogens is 2. The number of anilines is 1. The zero-order chi connectivity index (χ0) is 18.5. The fourth-order valence-electron chi connectivity index (χ4n) is 3.40. The first-order valence-corrected chi connectivity index (χ1v) is 9.42. The van der Waals surface area contributed by atoms with E-state index in [4.69, 9.17) is 4.74 Å². The van der Waals surface area contributed by atoms with Gasteiger partial charge in [0.25, 0.3) is 0 Å². The van der Waals surface area contributed by atoms with Crippen molar-refractivity contribution in [2.75, 3.05) is 18.4 Å². The molecule has 1 atom stereocenters. The first-order chi connectivity index (χ1) is 13.3. The van der Waals surface area contributed by atoms with Crippen LogP contribution in [0.1, 0.15) is 25.0 Å². The Bertz CT molecular complexity index is 882. The summed E-state index contributed by atoms with van der Waals surface area (Å²) in [5.41, 5.74) is 2.52. The second-order valence-electron chi connectivity index (χ2n) is 6.96. The van der Waals surface area contributed by atoms with Gasteiger partial charge in [0, 0.05) is 30.6 Å². The molecule has 1 aromatic carbocycles. The number of carbonyl (C=O) groups excluding carboxylic acids is 1. The zero-order valence-corrected chi connectivity index (χ0v) is 15.2. The Morgan fingerprint density at radius 3 is 3.11 bits per heavy atom. The van der Waals surface area contributed by atoms with Crippen molar-refractivity contribution in [2.45, 2.75) is 25.9 Å². The predicted octanol–water partition coefficient (Wildman–Crippen LogP) is 3.24. The molecule has 0 aliphatic carbocycles. The highest BCUT2D eigenvalue weighted by Crippen LogP contribution is 2.20. The molecule has 0 radical (unpaired) electrons. The molecule has 1 amide bonds. The van der Waals surface area contributed by atoms with Crippen LogP contribution in [-0.4, -0.2) is 28.4 Å². The van der Waals surface area contributed by atoms with Crippen LogP contribution in [0, 0.1) is 5.92 Å². The molecule has 2 aromatic heterocycles. The lowest BCUT2D eigenvalue weighted by atomic mass is 10.0. The van der Waals surface area contributed by atoms with Crippen molar-refractivity contribution in [1.29, 1.82) is 0 Å². The van der Waals surface area contributed by atoms with Crippen LogP contribution in [0.25, 0.3) is 5.65 Å². The standard InChI is InChI=1S/C21H24N4O2/c26-21(8-7-16-9-10-22-13-16)24-17-4-3-5-19(12-17)27-15-18-14-25-11-2-1-6-20(25)23-18/h1-6,11-12,14,16,22H,7-10,13,15H2,(H,24,26). The second-order valence-corrected chi connectivity index (χ2v) is 6.96. The maximum atomic E-state index is 12.2. The Balaban J connectivity index is 1.30. The van der Waals surface area contributed by atoms with E-state index in [1.165, 1.54) is 6.42 Å². The fraction of sp³-hybridized carbons (Fsp3) is 0.333. The molecule has 1 saturated heterocycles. The van der Waals surface area contributed by atoms with Crippen molar-refractivity contribution in [1.82, 2.24) is 14.7 Å². The van der Waals surface area contributed by atoms with Gasteiger partial charge in [0.15, 0.2) is 0 Å². The molecule has 2 N–H and O–H groups in total. The van der Waals surface area contributed by atoms with E-state index >= 15 is 0 Å². The molecule has 6 nitrogen and oxygen atoms in total. The average Bonchev–Trinajstić information content (AvgIpc) is 3.34. The number of nitrogens with zero attached hydrogens (tertiary/aromatic N) is 2. The molecular weight excluding hydrogens is 340 g/mol. The van der Waals surface area contributed by atoms with Crippen LogP contribution in [0.3, 0.4) is 0 Å². The highest BCUT2D eigenvalue weighted by Gasteiger charge is 2.15. The topological polar surface area (TPSA) is 67.7 Å². The van der Waals surface area contributed by atoms with Gasteiger partial charge in [0.2, 0.25) is 5.91 Å². The third-order valence-electron chi connectivity index (χ3n) is 4.86. The molecule has 1 fully saturated rings. The van der Waals surface area contributed by atoms with Crippen LogP contribution in [-0.2, 0) is 11.4 Å². The largest absolute Gasteiger partial charge is 0.487 e. The van der Waals surface area contributed by atoms with E-state index in [0.29, 0.717) is 24.7 Å². The van der Waals surface area contributed by atoms with Gasteiger partial charge in [-0.3, -0.25) is 4.79 Å². The molecule has 4 rings (SSSR count). The third-order valence-corrected chi connectivity index (χ3v) is 4.86. The number of ether oxygens (including phenoxy) is 1. The number of fused-ring (bicyclic) bond motifs is 1. The summed E-state index contributed by atoms with van der Waals surface area (Å²) in [6.07, 6.45) is 6.57. The lowest BCUT2D eigenvalue weighted by Crippen LogP contribution is -2.15. The number of hydrogen-bond acceptors (Lipinski definition) is 4. The van der Waals surface area contributed by atoms with E-state index in [9.17, 15) is 4.79 Å². The number of carbonyl (C=O) groups is 1. The van der Waals surface area contributed by atoms with Gasteiger partial charge >= 0.3 is 0 Å². The molecule has 0 spiro atoms. The summed E-state index contributed by atoms with van der Waals surface area (Å²) in [6.45, 7) is 2.48. The molecule has 3 heterocycles. The van der Waals surface area contributed by atoms with Gasteiger partial charge in [-0.1, -0.05) is 12.1 Å². The van der Waals surface area contributed by atoms with Crippen molar-refractivity contribution in [3.8, 4) is 5.75 Å². The number of hydrogen-bond donors (Lipinski definition) is 2. The second kappa shape index (κ2) is 8.22. The van der Waals surface area contributed by atoms with Crippen molar-refractivity contribution in [2.24, 2.45) is 5.92 Å². The summed E-state index contributed by atoms with van der Waals surface area (Å²) < 4.78 is 7.82. The SMILES string of the molecule is O=C(CCC1CCNC1)Nc1cccc(OCc2cn3ccccc3n2)c1. The Morgan fingerprint density at radius 2 is 2.26 bits per heavy atom. The third kappa shape index (κ3) is 4.65. The van der Waals surface area contributed by atoms with Crippen LogP contribution < -0.4 is 15.4 Å². The molecule has 140 valence electrons. The summed E-state index contributed by atoms with van der Waals surface area (Å²) >= 11 is 0. The number of benzene rings is 1. The first kappa shape index (κ1) is 17.5. The molecule has 1 aliphatic heterocycles. The number of nitrogens with one attached hydrogen (secondary N) is 2. The van der Waals surface area contributed by atoms with Crippen LogP contribution in [0.15, 0.2) is 54.9 Å². The van der Waals surface area contributed by atoms with E-state index in [-0.39, 0.29) is 5.91 Å². The smallest absolute Gasteiger partial charge is 0.224 e. The van der Waals surface area contributed by atoms with Crippen LogP contribution >= 0.6 is 0 Å². The highest BCUT2D eigenvalue weighted by molar-refractivity contribution is 5.90. The van der Waals surface area contributed by atoms with Gasteiger partial charge in [0.05, 0.1) is 5.69 Å². The quantitative estimate of drug-likeness (QED) is 0.675. The monoisotopic (exact) mass is 364 g/mol. The van der Waals surface area contributed by atoms with Gasteiger partial charge in [-0.05, 0) is 56.1 Å². The number of rotatable bonds is 7. The van der Waals surface area contributed by atoms with Crippen molar-refractivity contribution in [3.05, 3.63) is 60.6 Å². The highest BCUT2D eigenvalue weighted by atomic mass is 16.5. The average molecular weight is 364 g/mol. The number of imidazole rings is 1. The van der Waals surface area contributed by atoms with Crippen LogP contribution in [0.4, 0.5) is 5.69 Å². The van der Waals surface area contributed by atoms with Gasteiger partial charge in [-0.15, -0.1) is 0 Å². The van der Waals surface area contributed by atoms with E-state index in [1.807, 2.05) is 59.3 Å². The summed E-state index contributed by atoms with van der Waals surface area (Å²) in [6, 6.07) is 13.4. The first-order valence-electron chi connectivity index (χ1n) is 9.42. The summed E-state index contributed by atoms with van der Waals surface area (Å²) in [5, 5.41) is 6.30. The Kier molecular flexibility index (Phi) is 5.34. The molecule has 1 aliphatic rings. The maximum absolute atomic E-state index is 12.2. The predicted molar refractivity (Wildman–Crippen MR) is 105 cm³/mol. The molecule has 1 unspecified atom stereocenters. The van der Waals surface area contributed by atoms with E-state index in [1.54, 1.807) is 0 Å². The molecule has 27 heavy (non-hydrogen) atoms. The van der Waals surface area contributed by atoms with E-state index < -0.39 is 0 Å². The minimum absolute atomic E-state index is 0.0550. The van der Waals surface area contributed by atoms with E-state index in [2.05, 4.69) is 15.6 Å². The summed E-state index contributed by atoms with van der Waals surface area (Å²) in [4.78, 5) is 16.7. The lowest BCUT2D eigenvalue weighted by Gasteiger charge is -2.10. The Labute approximate surface area is 158 Å². The van der Waals surface area contributed by atoms with Crippen LogP contribution in [0.2, 0.25) is 0 Å². The Hall–Kier alpha value is -2.86. The fourth-order valence-corrected chi connectivity index (χ4v) is 3.40. The zero-order valence-electron chi connectivity index (χ0n) is 15.2. The summed E-state index contributed by atoms with van der Waals surface area (Å²) in [7, 11) is 0. The lowest BCUT2D eigenvalue weighted by molar-refractivity contribution is -0.116. The maximum Gasteiger partial charge on any atom is 0.224 e. The molecular formula is C21H24N4O2. The van der Waals surface area contributed by atoms with Crippen molar-refractivity contribution in [3.63, 3.8) is 0 Å². The van der Waals surface area contributed by atoms with Crippen molar-refractivity contribution < 1.29 is 9.53 Å². The van der Waals surface area contributed by atoms with Gasteiger partial charge in [0.1, 0.15) is 18.0 Å². The van der Waals surface area contributed by atoms with Gasteiger partial charge < -0.3 is 19.8 Å². The normalized spacial score (nSPS) is 16.5. The van der Waals surface area contributed by atoms with Gasteiger partial charge in [-0.2, -0.15) is 0 Å². The number of pyridine rings is 1. The number of amides is 1.